The molecule has 0 radical (unpaired) electrons. The van der Waals surface area contributed by atoms with Gasteiger partial charge in [0, 0.05) is 7.05 Å². The van der Waals surface area contributed by atoms with E-state index in [1.807, 2.05) is 0 Å². The third kappa shape index (κ3) is 2.30. The van der Waals surface area contributed by atoms with Gasteiger partial charge in [-0.25, -0.2) is 9.00 Å². The highest BCUT2D eigenvalue weighted by Gasteiger charge is 2.09. The molecule has 0 bridgehead atoms. The van der Waals surface area contributed by atoms with E-state index in [-0.39, 0.29) is 5.56 Å². The number of anilines is 1. The molecule has 1 atom stereocenters. The maximum absolute atomic E-state index is 10.7. The standard InChI is InChI=1S/C8H9NO4S/c1-9(14(12)13)7-4-2-3-6(5-7)8(10)11/h2-5H,1H3,(H,10,11)(H,12,13). The van der Waals surface area contributed by atoms with E-state index in [0.717, 1.165) is 4.31 Å². The maximum Gasteiger partial charge on any atom is 0.335 e. The molecular formula is C8H9NO4S. The van der Waals surface area contributed by atoms with Crippen molar-refractivity contribution in [2.75, 3.05) is 11.4 Å². The molecule has 0 aromatic heterocycles. The number of carbonyl (C=O) groups is 1. The lowest BCUT2D eigenvalue weighted by Gasteiger charge is -2.13. The van der Waals surface area contributed by atoms with E-state index in [0.29, 0.717) is 5.69 Å². The molecule has 5 nitrogen and oxygen atoms in total. The Bertz CT molecular complexity index is 379. The van der Waals surface area contributed by atoms with Crippen LogP contribution in [0.25, 0.3) is 0 Å². The van der Waals surface area contributed by atoms with Crippen LogP contribution in [0.5, 0.6) is 0 Å². The Morgan fingerprint density at radius 1 is 1.50 bits per heavy atom. The van der Waals surface area contributed by atoms with E-state index in [2.05, 4.69) is 0 Å². The van der Waals surface area contributed by atoms with Crippen molar-refractivity contribution in [2.24, 2.45) is 0 Å². The molecule has 1 unspecified atom stereocenters. The summed E-state index contributed by atoms with van der Waals surface area (Å²) in [5, 5.41) is 8.67. The molecule has 0 fully saturated rings. The predicted octanol–water partition coefficient (Wildman–Crippen LogP) is 0.958. The van der Waals surface area contributed by atoms with Gasteiger partial charge in [0.05, 0.1) is 11.3 Å². The molecule has 0 amide bonds. The van der Waals surface area contributed by atoms with Crippen LogP contribution >= 0.6 is 0 Å². The minimum Gasteiger partial charge on any atom is -0.478 e. The summed E-state index contributed by atoms with van der Waals surface area (Å²) in [6, 6.07) is 5.82. The average Bonchev–Trinajstić information content (AvgIpc) is 2.16. The highest BCUT2D eigenvalue weighted by atomic mass is 32.2. The second kappa shape index (κ2) is 4.21. The Hall–Kier alpha value is -1.40. The van der Waals surface area contributed by atoms with Crippen molar-refractivity contribution < 1.29 is 18.7 Å². The van der Waals surface area contributed by atoms with Crippen molar-refractivity contribution in [3.63, 3.8) is 0 Å². The summed E-state index contributed by atoms with van der Waals surface area (Å²) in [7, 11) is 1.40. The molecule has 0 aliphatic heterocycles. The lowest BCUT2D eigenvalue weighted by molar-refractivity contribution is 0.0697. The Balaban J connectivity index is 3.05. The molecule has 0 saturated carbocycles. The van der Waals surface area contributed by atoms with Crippen LogP contribution < -0.4 is 4.31 Å². The van der Waals surface area contributed by atoms with Crippen LogP contribution in [-0.4, -0.2) is 26.9 Å². The molecule has 14 heavy (non-hydrogen) atoms. The van der Waals surface area contributed by atoms with Gasteiger partial charge in [-0.15, -0.1) is 0 Å². The van der Waals surface area contributed by atoms with Crippen molar-refractivity contribution in [1.82, 2.24) is 0 Å². The normalized spacial score (nSPS) is 12.1. The van der Waals surface area contributed by atoms with Gasteiger partial charge in [0.1, 0.15) is 0 Å². The molecule has 0 aliphatic carbocycles. The largest absolute Gasteiger partial charge is 0.478 e. The first-order chi connectivity index (χ1) is 6.52. The van der Waals surface area contributed by atoms with Crippen molar-refractivity contribution >= 4 is 22.9 Å². The van der Waals surface area contributed by atoms with Crippen LogP contribution in [0.2, 0.25) is 0 Å². The smallest absolute Gasteiger partial charge is 0.335 e. The van der Waals surface area contributed by atoms with Crippen LogP contribution in [0.15, 0.2) is 24.3 Å². The molecule has 1 aromatic carbocycles. The van der Waals surface area contributed by atoms with Gasteiger partial charge in [-0.2, -0.15) is 0 Å². The highest BCUT2D eigenvalue weighted by molar-refractivity contribution is 7.80. The van der Waals surface area contributed by atoms with Crippen molar-refractivity contribution in [2.45, 2.75) is 0 Å². The third-order valence-corrected chi connectivity index (χ3v) is 2.37. The Morgan fingerprint density at radius 3 is 2.64 bits per heavy atom. The van der Waals surface area contributed by atoms with Crippen LogP contribution in [0.4, 0.5) is 5.69 Å². The average molecular weight is 215 g/mol. The zero-order valence-electron chi connectivity index (χ0n) is 7.38. The van der Waals surface area contributed by atoms with Gasteiger partial charge in [0.25, 0.3) is 11.3 Å². The first kappa shape index (κ1) is 10.7. The minimum absolute atomic E-state index is 0.0831. The fourth-order valence-corrected chi connectivity index (χ4v) is 1.22. The van der Waals surface area contributed by atoms with Crippen LogP contribution in [0.3, 0.4) is 0 Å². The summed E-state index contributed by atoms with van der Waals surface area (Å²) >= 11 is -2.14. The number of nitrogens with zero attached hydrogens (tertiary/aromatic N) is 1. The van der Waals surface area contributed by atoms with Crippen molar-refractivity contribution in [3.8, 4) is 0 Å². The van der Waals surface area contributed by atoms with Gasteiger partial charge in [-0.1, -0.05) is 6.07 Å². The van der Waals surface area contributed by atoms with Gasteiger partial charge < -0.3 is 5.11 Å². The first-order valence-electron chi connectivity index (χ1n) is 3.70. The number of carboxylic acids is 1. The molecule has 2 N–H and O–H groups in total. The molecular weight excluding hydrogens is 206 g/mol. The van der Waals surface area contributed by atoms with Crippen LogP contribution in [-0.2, 0) is 11.3 Å². The zero-order valence-corrected chi connectivity index (χ0v) is 8.19. The summed E-state index contributed by atoms with van der Waals surface area (Å²) < 4.78 is 20.5. The highest BCUT2D eigenvalue weighted by Crippen LogP contribution is 2.15. The number of carboxylic acid groups (broad SMARTS) is 1. The lowest BCUT2D eigenvalue weighted by Crippen LogP contribution is -2.19. The van der Waals surface area contributed by atoms with Crippen molar-refractivity contribution in [3.05, 3.63) is 29.8 Å². The monoisotopic (exact) mass is 215 g/mol. The summed E-state index contributed by atoms with van der Waals surface area (Å²) in [5.74, 6) is -1.07. The van der Waals surface area contributed by atoms with E-state index in [1.54, 1.807) is 6.07 Å². The predicted molar refractivity (Wildman–Crippen MR) is 52.6 cm³/mol. The molecule has 1 rings (SSSR count). The maximum atomic E-state index is 10.7. The van der Waals surface area contributed by atoms with Crippen molar-refractivity contribution in [1.29, 1.82) is 0 Å². The van der Waals surface area contributed by atoms with Gasteiger partial charge in [-0.05, 0) is 18.2 Å². The number of hydrogen-bond acceptors (Lipinski definition) is 2. The first-order valence-corrected chi connectivity index (χ1v) is 4.77. The Morgan fingerprint density at radius 2 is 2.14 bits per heavy atom. The number of hydrogen-bond donors (Lipinski definition) is 2. The fraction of sp³-hybridized carbons (Fsp3) is 0.125. The van der Waals surface area contributed by atoms with Crippen LogP contribution in [0, 0.1) is 0 Å². The van der Waals surface area contributed by atoms with E-state index >= 15 is 0 Å². The Labute approximate surface area is 83.4 Å². The second-order valence-corrected chi connectivity index (χ2v) is 3.59. The lowest BCUT2D eigenvalue weighted by atomic mass is 10.2. The topological polar surface area (TPSA) is 77.8 Å². The molecule has 1 aromatic rings. The Kier molecular flexibility index (Phi) is 3.21. The number of benzene rings is 1. The van der Waals surface area contributed by atoms with Crippen LogP contribution in [0.1, 0.15) is 10.4 Å². The van der Waals surface area contributed by atoms with Gasteiger partial charge in [0.15, 0.2) is 0 Å². The number of aromatic carboxylic acids is 1. The summed E-state index contributed by atoms with van der Waals surface area (Å²) in [4.78, 5) is 10.6. The zero-order chi connectivity index (χ0) is 10.7. The quantitative estimate of drug-likeness (QED) is 0.736. The summed E-state index contributed by atoms with van der Waals surface area (Å²) in [6.45, 7) is 0. The summed E-state index contributed by atoms with van der Waals surface area (Å²) in [6.07, 6.45) is 0. The minimum atomic E-state index is -2.14. The second-order valence-electron chi connectivity index (χ2n) is 2.58. The molecule has 0 spiro atoms. The molecule has 6 heteroatoms. The SMILES string of the molecule is CN(c1cccc(C(=O)O)c1)S(=O)O. The third-order valence-electron chi connectivity index (χ3n) is 1.69. The van der Waals surface area contributed by atoms with Gasteiger partial charge in [-0.3, -0.25) is 8.86 Å². The molecule has 0 saturated heterocycles. The molecule has 0 heterocycles. The molecule has 0 aliphatic rings. The summed E-state index contributed by atoms with van der Waals surface area (Å²) in [5.41, 5.74) is 0.463. The number of rotatable bonds is 3. The van der Waals surface area contributed by atoms with E-state index in [4.69, 9.17) is 9.66 Å². The van der Waals surface area contributed by atoms with E-state index in [9.17, 15) is 9.00 Å². The molecule has 76 valence electrons. The fourth-order valence-electron chi connectivity index (χ4n) is 0.925. The van der Waals surface area contributed by atoms with E-state index in [1.165, 1.54) is 25.2 Å². The van der Waals surface area contributed by atoms with Gasteiger partial charge in [0.2, 0.25) is 0 Å². The van der Waals surface area contributed by atoms with Gasteiger partial charge >= 0.3 is 5.97 Å². The van der Waals surface area contributed by atoms with E-state index < -0.39 is 17.2 Å².